The van der Waals surface area contributed by atoms with E-state index in [9.17, 15) is 4.79 Å². The topological polar surface area (TPSA) is 105 Å². The minimum absolute atomic E-state index is 0.174. The molecular formula is C13H22N6O2. The van der Waals surface area contributed by atoms with Crippen LogP contribution in [0.5, 0.6) is 0 Å². The fraction of sp³-hybridized carbons (Fsp3) is 0.615. The summed E-state index contributed by atoms with van der Waals surface area (Å²) in [5, 5.41) is 3.33. The van der Waals surface area contributed by atoms with E-state index in [1.54, 1.807) is 11.0 Å². The first-order valence-electron chi connectivity index (χ1n) is 7.05. The highest BCUT2D eigenvalue weighted by molar-refractivity contribution is 5.77. The van der Waals surface area contributed by atoms with Gasteiger partial charge in [0.1, 0.15) is 18.2 Å². The fourth-order valence-electron chi connectivity index (χ4n) is 2.24. The van der Waals surface area contributed by atoms with Crippen molar-refractivity contribution in [3.63, 3.8) is 0 Å². The van der Waals surface area contributed by atoms with E-state index >= 15 is 0 Å². The number of anilines is 2. The van der Waals surface area contributed by atoms with Gasteiger partial charge >= 0.3 is 0 Å². The summed E-state index contributed by atoms with van der Waals surface area (Å²) in [6, 6.07) is 1.92. The highest BCUT2D eigenvalue weighted by atomic mass is 16.5. The lowest BCUT2D eigenvalue weighted by molar-refractivity contribution is -0.132. The third kappa shape index (κ3) is 4.27. The first-order valence-corrected chi connectivity index (χ1v) is 7.05. The summed E-state index contributed by atoms with van der Waals surface area (Å²) in [5.41, 5.74) is 2.53. The second-order valence-electron chi connectivity index (χ2n) is 4.99. The molecule has 1 unspecified atom stereocenters. The Morgan fingerprint density at radius 2 is 2.24 bits per heavy atom. The maximum atomic E-state index is 11.5. The molecule has 8 nitrogen and oxygen atoms in total. The molecule has 1 fully saturated rings. The number of hydrogen-bond donors (Lipinski definition) is 3. The zero-order valence-corrected chi connectivity index (χ0v) is 12.4. The van der Waals surface area contributed by atoms with E-state index in [0.717, 1.165) is 6.42 Å². The van der Waals surface area contributed by atoms with Crippen molar-refractivity contribution in [2.45, 2.75) is 32.4 Å². The van der Waals surface area contributed by atoms with Gasteiger partial charge in [-0.15, -0.1) is 0 Å². The van der Waals surface area contributed by atoms with Gasteiger partial charge in [0, 0.05) is 38.7 Å². The van der Waals surface area contributed by atoms with Gasteiger partial charge in [-0.2, -0.15) is 0 Å². The molecule has 21 heavy (non-hydrogen) atoms. The van der Waals surface area contributed by atoms with Gasteiger partial charge in [0.05, 0.1) is 0 Å². The van der Waals surface area contributed by atoms with Crippen LogP contribution < -0.4 is 16.6 Å². The average Bonchev–Trinajstić information content (AvgIpc) is 2.48. The predicted molar refractivity (Wildman–Crippen MR) is 79.5 cm³/mol. The summed E-state index contributed by atoms with van der Waals surface area (Å²) in [7, 11) is 1.81. The van der Waals surface area contributed by atoms with Crippen LogP contribution in [0.1, 0.15) is 25.6 Å². The molecule has 1 aromatic rings. The number of carbonyl (C=O) groups excluding carboxylic acids is 1. The Hall–Kier alpha value is -1.93. The number of piperidine rings is 1. The molecule has 4 N–H and O–H groups in total. The monoisotopic (exact) mass is 294 g/mol. The molecule has 1 atom stereocenters. The number of amides is 1. The van der Waals surface area contributed by atoms with Crippen molar-refractivity contribution >= 4 is 17.5 Å². The van der Waals surface area contributed by atoms with E-state index in [4.69, 9.17) is 10.6 Å². The number of nitrogen functional groups attached to an aromatic ring is 1. The Labute approximate surface area is 124 Å². The molecule has 0 aliphatic carbocycles. The van der Waals surface area contributed by atoms with Crippen molar-refractivity contribution in [3.8, 4) is 0 Å². The lowest BCUT2D eigenvalue weighted by Gasteiger charge is -2.30. The number of likely N-dealkylation sites (N-methyl/N-ethyl adjacent to an activating group) is 1. The number of carbonyl (C=O) groups is 1. The standard InChI is InChI=1S/C13H22N6O2/c1-3-21-8-12-16-10(6-11(17-12)18-14)15-9-4-5-13(20)19(2)7-9/h6,9H,3-5,7-8,14H2,1-2H3,(H2,15,16,17,18). The van der Waals surface area contributed by atoms with Gasteiger partial charge in [-0.1, -0.05) is 0 Å². The van der Waals surface area contributed by atoms with Crippen LogP contribution in [0, 0.1) is 0 Å². The van der Waals surface area contributed by atoms with E-state index in [0.29, 0.717) is 43.6 Å². The number of hydrazine groups is 1. The zero-order valence-electron chi connectivity index (χ0n) is 12.4. The fourth-order valence-corrected chi connectivity index (χ4v) is 2.24. The molecule has 1 saturated heterocycles. The first kappa shape index (κ1) is 15.5. The van der Waals surface area contributed by atoms with Gasteiger partial charge in [-0.05, 0) is 13.3 Å². The van der Waals surface area contributed by atoms with E-state index in [1.165, 1.54) is 0 Å². The molecule has 0 aromatic carbocycles. The van der Waals surface area contributed by atoms with E-state index in [2.05, 4.69) is 20.7 Å². The largest absolute Gasteiger partial charge is 0.374 e. The molecule has 116 valence electrons. The molecule has 2 heterocycles. The lowest BCUT2D eigenvalue weighted by atomic mass is 10.1. The van der Waals surface area contributed by atoms with Gasteiger partial charge in [0.2, 0.25) is 5.91 Å². The van der Waals surface area contributed by atoms with Crippen LogP contribution in [0.25, 0.3) is 0 Å². The van der Waals surface area contributed by atoms with Crippen molar-refractivity contribution in [3.05, 3.63) is 11.9 Å². The lowest BCUT2D eigenvalue weighted by Crippen LogP contribution is -2.43. The molecule has 8 heteroatoms. The number of aromatic nitrogens is 2. The van der Waals surface area contributed by atoms with Crippen molar-refractivity contribution in [1.29, 1.82) is 0 Å². The van der Waals surface area contributed by atoms with Crippen molar-refractivity contribution in [1.82, 2.24) is 14.9 Å². The van der Waals surface area contributed by atoms with Crippen molar-refractivity contribution in [2.75, 3.05) is 30.9 Å². The Morgan fingerprint density at radius 3 is 2.90 bits per heavy atom. The van der Waals surface area contributed by atoms with Crippen molar-refractivity contribution < 1.29 is 9.53 Å². The third-order valence-corrected chi connectivity index (χ3v) is 3.33. The maximum absolute atomic E-state index is 11.5. The van der Waals surface area contributed by atoms with Gasteiger partial charge in [-0.25, -0.2) is 15.8 Å². The Morgan fingerprint density at radius 1 is 1.48 bits per heavy atom. The molecule has 2 rings (SSSR count). The number of nitrogens with zero attached hydrogens (tertiary/aromatic N) is 3. The summed E-state index contributed by atoms with van der Waals surface area (Å²) >= 11 is 0. The van der Waals surface area contributed by atoms with Crippen molar-refractivity contribution in [2.24, 2.45) is 5.84 Å². The Bertz CT molecular complexity index is 496. The molecular weight excluding hydrogens is 272 g/mol. The minimum Gasteiger partial charge on any atom is -0.374 e. The van der Waals surface area contributed by atoms with Crippen LogP contribution in [0.4, 0.5) is 11.6 Å². The van der Waals surface area contributed by atoms with E-state index in [-0.39, 0.29) is 11.9 Å². The number of nitrogens with one attached hydrogen (secondary N) is 2. The van der Waals surface area contributed by atoms with Crippen LogP contribution >= 0.6 is 0 Å². The van der Waals surface area contributed by atoms with Gasteiger partial charge < -0.3 is 20.4 Å². The maximum Gasteiger partial charge on any atom is 0.222 e. The summed E-state index contributed by atoms with van der Waals surface area (Å²) in [4.78, 5) is 21.9. The number of likely N-dealkylation sites (tertiary alicyclic amines) is 1. The molecule has 1 aliphatic rings. The molecule has 0 bridgehead atoms. The number of nitrogens with two attached hydrogens (primary N) is 1. The van der Waals surface area contributed by atoms with Gasteiger partial charge in [0.25, 0.3) is 0 Å². The number of ether oxygens (including phenoxy) is 1. The van der Waals surface area contributed by atoms with Gasteiger partial charge in [-0.3, -0.25) is 4.79 Å². The highest BCUT2D eigenvalue weighted by Gasteiger charge is 2.23. The van der Waals surface area contributed by atoms with Crippen LogP contribution in [-0.2, 0) is 16.1 Å². The summed E-state index contributed by atoms with van der Waals surface area (Å²) in [5.74, 6) is 7.38. The summed E-state index contributed by atoms with van der Waals surface area (Å²) < 4.78 is 5.32. The van der Waals surface area contributed by atoms with Gasteiger partial charge in [0.15, 0.2) is 5.82 Å². The molecule has 1 amide bonds. The number of rotatable bonds is 6. The summed E-state index contributed by atoms with van der Waals surface area (Å²) in [6.45, 7) is 3.51. The SMILES string of the molecule is CCOCc1nc(NN)cc(NC2CCC(=O)N(C)C2)n1. The van der Waals surface area contributed by atoms with Crippen LogP contribution in [0.2, 0.25) is 0 Å². The number of hydrogen-bond acceptors (Lipinski definition) is 7. The highest BCUT2D eigenvalue weighted by Crippen LogP contribution is 2.17. The normalized spacial score (nSPS) is 18.7. The molecule has 0 saturated carbocycles. The third-order valence-electron chi connectivity index (χ3n) is 3.33. The Balaban J connectivity index is 2.06. The predicted octanol–water partition coefficient (Wildman–Crippen LogP) is 0.331. The van der Waals surface area contributed by atoms with E-state index in [1.807, 2.05) is 14.0 Å². The average molecular weight is 294 g/mol. The Kier molecular flexibility index (Phi) is 5.29. The molecule has 1 aromatic heterocycles. The van der Waals surface area contributed by atoms with E-state index < -0.39 is 0 Å². The smallest absolute Gasteiger partial charge is 0.222 e. The van der Waals surface area contributed by atoms with Crippen LogP contribution in [0.15, 0.2) is 6.07 Å². The minimum atomic E-state index is 0.174. The molecule has 0 spiro atoms. The van der Waals surface area contributed by atoms with Crippen LogP contribution in [-0.4, -0.2) is 47.0 Å². The molecule has 0 radical (unpaired) electrons. The molecule has 1 aliphatic heterocycles. The summed E-state index contributed by atoms with van der Waals surface area (Å²) in [6.07, 6.45) is 1.34. The first-order chi connectivity index (χ1) is 10.1. The quantitative estimate of drug-likeness (QED) is 0.513. The second kappa shape index (κ2) is 7.19. The second-order valence-corrected chi connectivity index (χ2v) is 4.99. The van der Waals surface area contributed by atoms with Crippen LogP contribution in [0.3, 0.4) is 0 Å². The zero-order chi connectivity index (χ0) is 15.2.